The summed E-state index contributed by atoms with van der Waals surface area (Å²) in [6.07, 6.45) is -0.598. The first-order chi connectivity index (χ1) is 11.0. The number of aromatic amines is 1. The fraction of sp³-hybridized carbons (Fsp3) is 0.353. The zero-order valence-electron chi connectivity index (χ0n) is 13.7. The maximum atomic E-state index is 11.8. The number of benzene rings is 1. The van der Waals surface area contributed by atoms with Gasteiger partial charge in [-0.1, -0.05) is 12.1 Å². The molecule has 0 radical (unpaired) electrons. The molecule has 1 unspecified atom stereocenters. The van der Waals surface area contributed by atoms with Gasteiger partial charge in [-0.25, -0.2) is 0 Å². The Hall–Kier alpha value is -2.31. The van der Waals surface area contributed by atoms with Crippen LogP contribution in [0, 0.1) is 0 Å². The zero-order chi connectivity index (χ0) is 16.8. The molecule has 0 fully saturated rings. The van der Waals surface area contributed by atoms with E-state index in [1.54, 1.807) is 27.3 Å². The minimum absolute atomic E-state index is 0.0606. The number of carbonyl (C=O) groups is 1. The Morgan fingerprint density at radius 1 is 1.26 bits per heavy atom. The molecule has 0 aliphatic heterocycles. The average molecular weight is 317 g/mol. The van der Waals surface area contributed by atoms with E-state index in [9.17, 15) is 9.90 Å². The van der Waals surface area contributed by atoms with Crippen LogP contribution in [0.2, 0.25) is 0 Å². The lowest BCUT2D eigenvalue weighted by Crippen LogP contribution is -2.23. The van der Waals surface area contributed by atoms with Gasteiger partial charge in [0.1, 0.15) is 11.4 Å². The van der Waals surface area contributed by atoms with E-state index in [4.69, 9.17) is 4.74 Å². The van der Waals surface area contributed by atoms with E-state index in [1.165, 1.54) is 4.90 Å². The fourth-order valence-electron chi connectivity index (χ4n) is 2.20. The van der Waals surface area contributed by atoms with Gasteiger partial charge in [-0.3, -0.25) is 4.79 Å². The fourth-order valence-corrected chi connectivity index (χ4v) is 2.20. The minimum Gasteiger partial charge on any atom is -0.497 e. The van der Waals surface area contributed by atoms with Crippen LogP contribution in [-0.2, 0) is 6.54 Å². The van der Waals surface area contributed by atoms with E-state index in [0.29, 0.717) is 18.8 Å². The molecule has 3 N–H and O–H groups in total. The van der Waals surface area contributed by atoms with Gasteiger partial charge in [0.15, 0.2) is 0 Å². The van der Waals surface area contributed by atoms with Crippen molar-refractivity contribution >= 4 is 5.91 Å². The molecule has 124 valence electrons. The highest BCUT2D eigenvalue weighted by atomic mass is 16.5. The Labute approximate surface area is 136 Å². The predicted octanol–water partition coefficient (Wildman–Crippen LogP) is 1.55. The van der Waals surface area contributed by atoms with Crippen LogP contribution in [-0.4, -0.2) is 48.6 Å². The Morgan fingerprint density at radius 2 is 1.96 bits per heavy atom. The van der Waals surface area contributed by atoms with Crippen LogP contribution in [0.1, 0.15) is 27.8 Å². The average Bonchev–Trinajstić information content (AvgIpc) is 3.02. The number of nitrogens with zero attached hydrogens (tertiary/aromatic N) is 1. The van der Waals surface area contributed by atoms with Crippen LogP contribution in [0.15, 0.2) is 36.4 Å². The molecule has 0 saturated carbocycles. The summed E-state index contributed by atoms with van der Waals surface area (Å²) >= 11 is 0. The molecule has 0 saturated heterocycles. The standard InChI is InChI=1S/C17H23N3O3/c1-20(2)17(22)15-9-6-13(19-15)10-18-11-16(21)12-4-7-14(23-3)8-5-12/h4-9,16,18-19,21H,10-11H2,1-3H3. The summed E-state index contributed by atoms with van der Waals surface area (Å²) in [5.74, 6) is 0.702. The topological polar surface area (TPSA) is 77.6 Å². The van der Waals surface area contributed by atoms with Gasteiger partial charge in [-0.05, 0) is 29.8 Å². The maximum absolute atomic E-state index is 11.8. The second-order valence-corrected chi connectivity index (χ2v) is 5.52. The normalized spacial score (nSPS) is 12.0. The number of ether oxygens (including phenoxy) is 1. The third kappa shape index (κ3) is 4.58. The van der Waals surface area contributed by atoms with E-state index in [1.807, 2.05) is 30.3 Å². The molecular formula is C17H23N3O3. The number of hydrogen-bond donors (Lipinski definition) is 3. The van der Waals surface area contributed by atoms with Crippen LogP contribution < -0.4 is 10.1 Å². The van der Waals surface area contributed by atoms with Crippen molar-refractivity contribution in [2.45, 2.75) is 12.6 Å². The second kappa shape index (κ2) is 7.80. The molecule has 0 spiro atoms. The van der Waals surface area contributed by atoms with E-state index >= 15 is 0 Å². The van der Waals surface area contributed by atoms with E-state index in [0.717, 1.165) is 17.0 Å². The maximum Gasteiger partial charge on any atom is 0.269 e. The third-order valence-electron chi connectivity index (χ3n) is 3.54. The summed E-state index contributed by atoms with van der Waals surface area (Å²) < 4.78 is 5.09. The molecule has 0 bridgehead atoms. The molecule has 0 aliphatic rings. The molecule has 23 heavy (non-hydrogen) atoms. The Bertz CT molecular complexity index is 635. The highest BCUT2D eigenvalue weighted by Gasteiger charge is 2.11. The summed E-state index contributed by atoms with van der Waals surface area (Å²) in [6.45, 7) is 0.968. The zero-order valence-corrected chi connectivity index (χ0v) is 13.7. The number of methoxy groups -OCH3 is 1. The van der Waals surface area contributed by atoms with E-state index in [2.05, 4.69) is 10.3 Å². The van der Waals surface area contributed by atoms with Crippen molar-refractivity contribution in [3.8, 4) is 5.75 Å². The monoisotopic (exact) mass is 317 g/mol. The first-order valence-corrected chi connectivity index (χ1v) is 7.43. The lowest BCUT2D eigenvalue weighted by Gasteiger charge is -2.12. The third-order valence-corrected chi connectivity index (χ3v) is 3.54. The summed E-state index contributed by atoms with van der Waals surface area (Å²) in [7, 11) is 5.04. The Balaban J connectivity index is 1.83. The van der Waals surface area contributed by atoms with Gasteiger partial charge in [0.05, 0.1) is 13.2 Å². The summed E-state index contributed by atoms with van der Waals surface area (Å²) in [4.78, 5) is 16.4. The molecule has 2 rings (SSSR count). The molecule has 1 heterocycles. The number of aliphatic hydroxyl groups is 1. The Kier molecular flexibility index (Phi) is 5.78. The van der Waals surface area contributed by atoms with Gasteiger partial charge in [-0.15, -0.1) is 0 Å². The van der Waals surface area contributed by atoms with Crippen molar-refractivity contribution in [2.24, 2.45) is 0 Å². The highest BCUT2D eigenvalue weighted by Crippen LogP contribution is 2.17. The Morgan fingerprint density at radius 3 is 2.57 bits per heavy atom. The quantitative estimate of drug-likeness (QED) is 0.724. The minimum atomic E-state index is -0.598. The highest BCUT2D eigenvalue weighted by molar-refractivity contribution is 5.92. The summed E-state index contributed by atoms with van der Waals surface area (Å²) in [5, 5.41) is 13.3. The SMILES string of the molecule is COc1ccc(C(O)CNCc2ccc(C(=O)N(C)C)[nH]2)cc1. The van der Waals surface area contributed by atoms with Gasteiger partial charge in [0, 0.05) is 32.9 Å². The van der Waals surface area contributed by atoms with Crippen molar-refractivity contribution in [2.75, 3.05) is 27.7 Å². The molecule has 6 heteroatoms. The van der Waals surface area contributed by atoms with Crippen molar-refractivity contribution in [3.05, 3.63) is 53.3 Å². The van der Waals surface area contributed by atoms with Crippen molar-refractivity contribution < 1.29 is 14.6 Å². The van der Waals surface area contributed by atoms with Gasteiger partial charge in [-0.2, -0.15) is 0 Å². The van der Waals surface area contributed by atoms with E-state index in [-0.39, 0.29) is 5.91 Å². The number of amides is 1. The number of aromatic nitrogens is 1. The number of aliphatic hydroxyl groups excluding tert-OH is 1. The molecule has 1 aromatic carbocycles. The van der Waals surface area contributed by atoms with Crippen LogP contribution in [0.5, 0.6) is 5.75 Å². The lowest BCUT2D eigenvalue weighted by molar-refractivity contribution is 0.0822. The number of H-pyrrole nitrogens is 1. The van der Waals surface area contributed by atoms with Crippen molar-refractivity contribution in [3.63, 3.8) is 0 Å². The molecule has 1 aromatic heterocycles. The van der Waals surface area contributed by atoms with Crippen molar-refractivity contribution in [1.29, 1.82) is 0 Å². The summed E-state index contributed by atoms with van der Waals surface area (Å²) in [6, 6.07) is 11.0. The van der Waals surface area contributed by atoms with Crippen LogP contribution in [0.4, 0.5) is 0 Å². The van der Waals surface area contributed by atoms with Crippen LogP contribution in [0.25, 0.3) is 0 Å². The number of nitrogens with one attached hydrogen (secondary N) is 2. The molecule has 1 atom stereocenters. The van der Waals surface area contributed by atoms with Crippen molar-refractivity contribution in [1.82, 2.24) is 15.2 Å². The predicted molar refractivity (Wildman–Crippen MR) is 88.5 cm³/mol. The lowest BCUT2D eigenvalue weighted by atomic mass is 10.1. The molecule has 2 aromatic rings. The number of rotatable bonds is 7. The first kappa shape index (κ1) is 17.1. The molecule has 6 nitrogen and oxygen atoms in total. The second-order valence-electron chi connectivity index (χ2n) is 5.52. The van der Waals surface area contributed by atoms with Gasteiger partial charge < -0.3 is 25.0 Å². The summed E-state index contributed by atoms with van der Waals surface area (Å²) in [5.41, 5.74) is 2.29. The van der Waals surface area contributed by atoms with Crippen LogP contribution >= 0.6 is 0 Å². The largest absolute Gasteiger partial charge is 0.497 e. The van der Waals surface area contributed by atoms with Gasteiger partial charge in [0.2, 0.25) is 0 Å². The molecular weight excluding hydrogens is 294 g/mol. The van der Waals surface area contributed by atoms with Gasteiger partial charge >= 0.3 is 0 Å². The smallest absolute Gasteiger partial charge is 0.269 e. The number of hydrogen-bond acceptors (Lipinski definition) is 4. The number of carbonyl (C=O) groups excluding carboxylic acids is 1. The van der Waals surface area contributed by atoms with Gasteiger partial charge in [0.25, 0.3) is 5.91 Å². The first-order valence-electron chi connectivity index (χ1n) is 7.43. The molecule has 1 amide bonds. The molecule has 0 aliphatic carbocycles. The van der Waals surface area contributed by atoms with E-state index < -0.39 is 6.10 Å². The van der Waals surface area contributed by atoms with Crippen LogP contribution in [0.3, 0.4) is 0 Å².